The van der Waals surface area contributed by atoms with Gasteiger partial charge in [-0.05, 0) is 6.07 Å². The number of aromatic amines is 1. The Labute approximate surface area is 197 Å². The summed E-state index contributed by atoms with van der Waals surface area (Å²) in [5.41, 5.74) is -0.483. The summed E-state index contributed by atoms with van der Waals surface area (Å²) >= 11 is 0. The van der Waals surface area contributed by atoms with Crippen LogP contribution in [0, 0.1) is 16.0 Å². The van der Waals surface area contributed by atoms with E-state index in [9.17, 15) is 29.9 Å². The molecule has 35 heavy (non-hydrogen) atoms. The number of anilines is 1. The summed E-state index contributed by atoms with van der Waals surface area (Å²) < 4.78 is 13.0. The molecule has 1 saturated heterocycles. The minimum atomic E-state index is -1.30. The highest BCUT2D eigenvalue weighted by atomic mass is 16.6. The molecule has 186 valence electrons. The van der Waals surface area contributed by atoms with Gasteiger partial charge in [0.05, 0.1) is 30.0 Å². The van der Waals surface area contributed by atoms with Crippen LogP contribution in [-0.2, 0) is 20.9 Å². The molecule has 0 unspecified atom stereocenters. The summed E-state index contributed by atoms with van der Waals surface area (Å²) in [6.45, 7) is 2.60. The molecule has 1 amide bonds. The van der Waals surface area contributed by atoms with Crippen LogP contribution in [0.3, 0.4) is 0 Å². The number of rotatable bonds is 8. The molecule has 0 aliphatic carbocycles. The number of carbonyl (C=O) groups is 1. The van der Waals surface area contributed by atoms with Crippen LogP contribution in [0.5, 0.6) is 0 Å². The number of imidazole rings is 1. The van der Waals surface area contributed by atoms with Gasteiger partial charge in [-0.3, -0.25) is 34.6 Å². The normalized spacial score (nSPS) is 22.1. The maximum Gasteiger partial charge on any atom is 0.280 e. The van der Waals surface area contributed by atoms with Crippen LogP contribution in [-0.4, -0.2) is 65.5 Å². The number of hydrogen-bond donors (Lipinski definition) is 4. The van der Waals surface area contributed by atoms with Crippen LogP contribution in [0.1, 0.15) is 25.6 Å². The molecule has 4 N–H and O–H groups in total. The third-order valence-corrected chi connectivity index (χ3v) is 5.58. The number of carbonyl (C=O) groups excluding carboxylic acids is 1. The van der Waals surface area contributed by atoms with E-state index in [1.165, 1.54) is 29.1 Å². The second-order valence-corrected chi connectivity index (χ2v) is 8.28. The minimum Gasteiger partial charge on any atom is -0.394 e. The molecule has 4 rings (SSSR count). The zero-order valence-corrected chi connectivity index (χ0v) is 18.8. The fourth-order valence-corrected chi connectivity index (χ4v) is 3.70. The van der Waals surface area contributed by atoms with Gasteiger partial charge in [0.1, 0.15) is 18.3 Å². The zero-order valence-electron chi connectivity index (χ0n) is 18.8. The highest BCUT2D eigenvalue weighted by Crippen LogP contribution is 2.34. The Balaban J connectivity index is 1.68. The monoisotopic (exact) mass is 488 g/mol. The van der Waals surface area contributed by atoms with Crippen LogP contribution < -0.4 is 10.9 Å². The lowest BCUT2D eigenvalue weighted by Crippen LogP contribution is -2.35. The standard InChI is InChI=1S/C21H24N6O8/c1-10(2)18(30)24-21-23-17-14(19(31)25-21)22-9-26(17)20-16(15(29)13(7-28)35-20)34-8-11-5-3-4-6-12(11)27(32)33/h3-6,9-10,13,15-16,20,28-29H,7-8H2,1-2H3,(H2,23,24,25,30,31)/t13-,15-,16-,20-/m1/s1. The van der Waals surface area contributed by atoms with Crippen molar-refractivity contribution >= 4 is 28.7 Å². The van der Waals surface area contributed by atoms with E-state index in [-0.39, 0.29) is 46.8 Å². The number of H-pyrrole nitrogens is 1. The molecule has 3 heterocycles. The molecular weight excluding hydrogens is 464 g/mol. The van der Waals surface area contributed by atoms with Crippen molar-refractivity contribution in [2.24, 2.45) is 5.92 Å². The first-order valence-corrected chi connectivity index (χ1v) is 10.8. The van der Waals surface area contributed by atoms with Gasteiger partial charge in [0.2, 0.25) is 11.9 Å². The second-order valence-electron chi connectivity index (χ2n) is 8.28. The van der Waals surface area contributed by atoms with E-state index in [1.54, 1.807) is 19.9 Å². The first kappa shape index (κ1) is 24.4. The van der Waals surface area contributed by atoms with E-state index < -0.39 is 41.6 Å². The van der Waals surface area contributed by atoms with Gasteiger partial charge in [0.15, 0.2) is 17.4 Å². The number of aliphatic hydroxyl groups excluding tert-OH is 2. The molecule has 14 nitrogen and oxygen atoms in total. The number of nitro groups is 1. The zero-order chi connectivity index (χ0) is 25.3. The number of hydrogen-bond acceptors (Lipinski definition) is 10. The smallest absolute Gasteiger partial charge is 0.280 e. The van der Waals surface area contributed by atoms with Gasteiger partial charge in [-0.1, -0.05) is 26.0 Å². The van der Waals surface area contributed by atoms with Gasteiger partial charge in [-0.25, -0.2) is 4.98 Å². The Bertz CT molecular complexity index is 1300. The molecule has 3 aromatic rings. The minimum absolute atomic E-state index is 0.0443. The Kier molecular flexibility index (Phi) is 6.88. The third kappa shape index (κ3) is 4.77. The highest BCUT2D eigenvalue weighted by molar-refractivity contribution is 5.91. The second kappa shape index (κ2) is 9.87. The maximum absolute atomic E-state index is 12.5. The fraction of sp³-hybridized carbons (Fsp3) is 0.429. The van der Waals surface area contributed by atoms with Gasteiger partial charge < -0.3 is 19.7 Å². The number of aliphatic hydroxyl groups is 2. The molecule has 0 spiro atoms. The molecule has 1 fully saturated rings. The fourth-order valence-electron chi connectivity index (χ4n) is 3.70. The Morgan fingerprint density at radius 3 is 2.83 bits per heavy atom. The van der Waals surface area contributed by atoms with Crippen molar-refractivity contribution in [2.45, 2.75) is 45.0 Å². The van der Waals surface area contributed by atoms with Gasteiger partial charge in [-0.2, -0.15) is 4.98 Å². The molecular formula is C21H24N6O8. The third-order valence-electron chi connectivity index (χ3n) is 5.58. The molecule has 4 atom stereocenters. The number of nitrogens with zero attached hydrogens (tertiary/aromatic N) is 4. The maximum atomic E-state index is 12.5. The largest absolute Gasteiger partial charge is 0.394 e. The SMILES string of the molecule is CC(C)C(=O)Nc1nc2c(ncn2[C@@H]2O[C@H](CO)[C@@H](O)[C@H]2OCc2ccccc2[N+](=O)[O-])c(=O)[nH]1. The summed E-state index contributed by atoms with van der Waals surface area (Å²) in [4.78, 5) is 46.1. The number of nitro benzene ring substituents is 1. The van der Waals surface area contributed by atoms with E-state index in [0.717, 1.165) is 0 Å². The molecule has 2 aromatic heterocycles. The van der Waals surface area contributed by atoms with Gasteiger partial charge >= 0.3 is 0 Å². The van der Waals surface area contributed by atoms with Gasteiger partial charge in [0, 0.05) is 12.0 Å². The molecule has 1 aliphatic heterocycles. The van der Waals surface area contributed by atoms with Crippen molar-refractivity contribution in [1.29, 1.82) is 0 Å². The van der Waals surface area contributed by atoms with Crippen molar-refractivity contribution in [1.82, 2.24) is 19.5 Å². The number of amides is 1. The van der Waals surface area contributed by atoms with Gasteiger partial charge in [0.25, 0.3) is 11.2 Å². The van der Waals surface area contributed by atoms with E-state index in [2.05, 4.69) is 20.3 Å². The predicted octanol–water partition coefficient (Wildman–Crippen LogP) is 0.458. The van der Waals surface area contributed by atoms with E-state index in [4.69, 9.17) is 9.47 Å². The number of fused-ring (bicyclic) bond motifs is 1. The Morgan fingerprint density at radius 1 is 1.40 bits per heavy atom. The van der Waals surface area contributed by atoms with Crippen molar-refractivity contribution < 1.29 is 29.4 Å². The first-order chi connectivity index (χ1) is 16.7. The Hall–Kier alpha value is -3.72. The summed E-state index contributed by atoms with van der Waals surface area (Å²) in [7, 11) is 0. The topological polar surface area (TPSA) is 195 Å². The molecule has 1 aromatic carbocycles. The first-order valence-electron chi connectivity index (χ1n) is 10.8. The lowest BCUT2D eigenvalue weighted by molar-refractivity contribution is -0.386. The van der Waals surface area contributed by atoms with Crippen molar-refractivity contribution in [3.8, 4) is 0 Å². The van der Waals surface area contributed by atoms with Crippen LogP contribution in [0.15, 0.2) is 35.4 Å². The van der Waals surface area contributed by atoms with Crippen molar-refractivity contribution in [2.75, 3.05) is 11.9 Å². The number of aromatic nitrogens is 4. The number of para-hydroxylation sites is 1. The van der Waals surface area contributed by atoms with Crippen LogP contribution in [0.25, 0.3) is 11.2 Å². The average Bonchev–Trinajstić information content (AvgIpc) is 3.38. The molecule has 0 radical (unpaired) electrons. The molecule has 14 heteroatoms. The predicted molar refractivity (Wildman–Crippen MR) is 120 cm³/mol. The lowest BCUT2D eigenvalue weighted by atomic mass is 10.1. The Morgan fingerprint density at radius 2 is 2.14 bits per heavy atom. The lowest BCUT2D eigenvalue weighted by Gasteiger charge is -2.22. The van der Waals surface area contributed by atoms with Crippen molar-refractivity contribution in [3.05, 3.63) is 56.6 Å². The quantitative estimate of drug-likeness (QED) is 0.255. The molecule has 0 bridgehead atoms. The van der Waals surface area contributed by atoms with E-state index in [1.807, 2.05) is 0 Å². The van der Waals surface area contributed by atoms with Crippen LogP contribution in [0.4, 0.5) is 11.6 Å². The number of benzene rings is 1. The summed E-state index contributed by atoms with van der Waals surface area (Å²) in [5, 5.41) is 34.2. The summed E-state index contributed by atoms with van der Waals surface area (Å²) in [5.74, 6) is -0.825. The van der Waals surface area contributed by atoms with Crippen molar-refractivity contribution in [3.63, 3.8) is 0 Å². The summed E-state index contributed by atoms with van der Waals surface area (Å²) in [6.07, 6.45) is -3.25. The summed E-state index contributed by atoms with van der Waals surface area (Å²) in [6, 6.07) is 6.00. The van der Waals surface area contributed by atoms with Crippen LogP contribution in [0.2, 0.25) is 0 Å². The molecule has 0 saturated carbocycles. The van der Waals surface area contributed by atoms with E-state index >= 15 is 0 Å². The van der Waals surface area contributed by atoms with E-state index in [0.29, 0.717) is 0 Å². The number of ether oxygens (including phenoxy) is 2. The average molecular weight is 488 g/mol. The van der Waals surface area contributed by atoms with Crippen LogP contribution >= 0.6 is 0 Å². The number of nitrogens with one attached hydrogen (secondary N) is 2. The van der Waals surface area contributed by atoms with Gasteiger partial charge in [-0.15, -0.1) is 0 Å². The highest BCUT2D eigenvalue weighted by Gasteiger charge is 2.46. The molecule has 1 aliphatic rings.